The van der Waals surface area contributed by atoms with Crippen LogP contribution in [0.1, 0.15) is 77.5 Å². The van der Waals surface area contributed by atoms with E-state index in [2.05, 4.69) is 13.0 Å². The van der Waals surface area contributed by atoms with Gasteiger partial charge in [0.15, 0.2) is 0 Å². The van der Waals surface area contributed by atoms with E-state index in [1.165, 1.54) is 0 Å². The molecule has 0 heterocycles. The minimum Gasteiger partial charge on any atom is -0.726 e. The second-order valence-corrected chi connectivity index (χ2v) is 10.4. The maximum atomic E-state index is 12.8. The summed E-state index contributed by atoms with van der Waals surface area (Å²) in [6.45, 7) is 1.39. The Bertz CT molecular complexity index is 922. The largest absolute Gasteiger partial charge is 1.00 e. The Morgan fingerprint density at radius 3 is 2.68 bits per heavy atom. The fourth-order valence-corrected chi connectivity index (χ4v) is 7.56. The van der Waals surface area contributed by atoms with Crippen molar-refractivity contribution in [3.8, 4) is 0 Å². The summed E-state index contributed by atoms with van der Waals surface area (Å²) in [7, 11) is -4.73. The van der Waals surface area contributed by atoms with Crippen LogP contribution in [0.3, 0.4) is 0 Å². The summed E-state index contributed by atoms with van der Waals surface area (Å²) >= 11 is 0. The van der Waals surface area contributed by atoms with Crippen molar-refractivity contribution in [1.29, 1.82) is 0 Å². The van der Waals surface area contributed by atoms with Crippen molar-refractivity contribution >= 4 is 16.2 Å². The van der Waals surface area contributed by atoms with Crippen LogP contribution in [0.15, 0.2) is 11.6 Å². The number of Topliss-reactive ketones (excluding diaryl/α,β-unsaturated/α-hetero) is 1. The molecule has 3 fully saturated rings. The molecule has 152 valence electrons. The molecule has 0 aromatic carbocycles. The monoisotopic (exact) mass is 422 g/mol. The molecule has 3 saturated carbocycles. The van der Waals surface area contributed by atoms with E-state index < -0.39 is 40.4 Å². The zero-order valence-electron chi connectivity index (χ0n) is 21.0. The minimum atomic E-state index is -4.73. The molecule has 0 saturated heterocycles. The summed E-state index contributed by atoms with van der Waals surface area (Å²) in [5.74, 6) is -1.78. The third kappa shape index (κ3) is 3.71. The summed E-state index contributed by atoms with van der Waals surface area (Å²) in [6.07, 6.45) is 6.39. The van der Waals surface area contributed by atoms with E-state index in [0.717, 1.165) is 24.8 Å². The molecule has 0 amide bonds. The summed E-state index contributed by atoms with van der Waals surface area (Å²) in [5.41, 5.74) is 0.363. The normalized spacial score (nSPS) is 50.3. The number of allylic oxidation sites excluding steroid dienone is 1. The molecule has 0 aromatic rings. The number of fused-ring (bicyclic) bond motifs is 5. The van der Waals surface area contributed by atoms with E-state index in [4.69, 9.17) is 9.67 Å². The third-order valence-corrected chi connectivity index (χ3v) is 8.88. The second-order valence-electron chi connectivity index (χ2n) is 9.43. The van der Waals surface area contributed by atoms with Gasteiger partial charge in [0.25, 0.3) is 0 Å². The molecule has 0 N–H and O–H groups in total. The van der Waals surface area contributed by atoms with Crippen molar-refractivity contribution in [2.24, 2.45) is 34.5 Å². The third-order valence-electron chi connectivity index (χ3n) is 8.37. The van der Waals surface area contributed by atoms with E-state index in [1.54, 1.807) is 0 Å². The van der Waals surface area contributed by atoms with Crippen LogP contribution in [0.2, 0.25) is 0 Å². The number of carbonyl (C=O) groups is 1. The minimum absolute atomic E-state index is 0. The van der Waals surface area contributed by atoms with Gasteiger partial charge in [-0.3, -0.25) is 8.98 Å². The van der Waals surface area contributed by atoms with Crippen molar-refractivity contribution in [3.05, 3.63) is 11.6 Å². The first-order valence-electron chi connectivity index (χ1n) is 12.0. The first kappa shape index (κ1) is 17.9. The molecule has 0 aliphatic heterocycles. The van der Waals surface area contributed by atoms with E-state index in [-0.39, 0.29) is 46.8 Å². The average molecular weight is 423 g/mol. The molecule has 4 aliphatic rings. The van der Waals surface area contributed by atoms with Gasteiger partial charge in [-0.1, -0.05) is 25.5 Å². The van der Waals surface area contributed by atoms with Gasteiger partial charge in [0, 0.05) is 11.4 Å². The van der Waals surface area contributed by atoms with Crippen LogP contribution in [-0.2, 0) is 19.4 Å². The molecule has 5 nitrogen and oxygen atoms in total. The van der Waals surface area contributed by atoms with E-state index in [9.17, 15) is 17.8 Å². The molecule has 28 heavy (non-hydrogen) atoms. The molecule has 2 unspecified atom stereocenters. The predicted molar refractivity (Wildman–Crippen MR) is 100 cm³/mol. The average Bonchev–Trinajstić information content (AvgIpc) is 2.91. The number of hydrogen-bond acceptors (Lipinski definition) is 5. The van der Waals surface area contributed by atoms with Crippen LogP contribution in [0.5, 0.6) is 0 Å². The first-order chi connectivity index (χ1) is 14.1. The van der Waals surface area contributed by atoms with Gasteiger partial charge in [-0.05, 0) is 86.8 Å². The van der Waals surface area contributed by atoms with Crippen LogP contribution in [0.4, 0.5) is 0 Å². The number of carbonyl (C=O) groups excluding carboxylic acids is 1. The van der Waals surface area contributed by atoms with Crippen LogP contribution in [0, 0.1) is 34.5 Å². The van der Waals surface area contributed by atoms with Gasteiger partial charge in [-0.25, -0.2) is 8.42 Å². The standard InChI is InChI=1S/C21H32O5S.Na/c1-13(22)17-6-7-18-16-5-4-14-12-15(26-27(23,24)25)8-10-20(14,2)19(16)9-11-21(17,18)3;/h4,15-19H,5-12H2,1-3H3,(H,23,24,25);/q;+1/p-1/t15?,16-,17-,18-,19?,20-,21+;/m0./s1/i1D3,17D;. The summed E-state index contributed by atoms with van der Waals surface area (Å²) in [5, 5.41) is 0. The molecule has 7 heteroatoms. The number of ketones is 1. The van der Waals surface area contributed by atoms with Gasteiger partial charge in [0.1, 0.15) is 5.78 Å². The maximum absolute atomic E-state index is 12.8. The van der Waals surface area contributed by atoms with E-state index in [1.807, 2.05) is 6.92 Å². The zero-order valence-corrected chi connectivity index (χ0v) is 19.8. The van der Waals surface area contributed by atoms with Gasteiger partial charge >= 0.3 is 29.6 Å². The van der Waals surface area contributed by atoms with Crippen LogP contribution >= 0.6 is 0 Å². The predicted octanol–water partition coefficient (Wildman–Crippen LogP) is 1.00. The Morgan fingerprint density at radius 1 is 1.25 bits per heavy atom. The summed E-state index contributed by atoms with van der Waals surface area (Å²) < 4.78 is 69.7. The SMILES string of the molecule is [2H]C([2H])([2H])C(=O)[C@]1([2H])CC[C@H]2[C@@H]3CC=C4CC(OS(=O)(=O)[O-])CC[C@]4(C)C3CC[C@@]21C.[Na+]. The Balaban J connectivity index is 0.00000289. The topological polar surface area (TPSA) is 83.5 Å². The molecule has 7 atom stereocenters. The van der Waals surface area contributed by atoms with E-state index in [0.29, 0.717) is 38.0 Å². The van der Waals surface area contributed by atoms with Crippen molar-refractivity contribution in [2.45, 2.75) is 78.2 Å². The molecular formula is C21H31NaO5S. The van der Waals surface area contributed by atoms with Gasteiger partial charge in [0.05, 0.1) is 6.10 Å². The quantitative estimate of drug-likeness (QED) is 0.293. The zero-order chi connectivity index (χ0) is 23.0. The fraction of sp³-hybridized carbons (Fsp3) is 0.857. The van der Waals surface area contributed by atoms with Crippen molar-refractivity contribution in [2.75, 3.05) is 0 Å². The Morgan fingerprint density at radius 2 is 2.00 bits per heavy atom. The molecule has 4 aliphatic carbocycles. The summed E-state index contributed by atoms with van der Waals surface area (Å²) in [4.78, 5) is 12.8. The molecule has 0 bridgehead atoms. The van der Waals surface area contributed by atoms with Gasteiger partial charge in [-0.15, -0.1) is 0 Å². The molecule has 0 radical (unpaired) electrons. The smallest absolute Gasteiger partial charge is 0.726 e. The maximum Gasteiger partial charge on any atom is 1.00 e. The van der Waals surface area contributed by atoms with Crippen molar-refractivity contribution in [3.63, 3.8) is 0 Å². The number of rotatable bonds is 3. The Hall–Kier alpha value is 0.280. The van der Waals surface area contributed by atoms with Gasteiger partial charge in [-0.2, -0.15) is 0 Å². The second kappa shape index (κ2) is 7.76. The Kier molecular flexibility index (Phi) is 4.96. The van der Waals surface area contributed by atoms with Crippen LogP contribution < -0.4 is 29.6 Å². The molecular weight excluding hydrogens is 387 g/mol. The first-order valence-corrected chi connectivity index (χ1v) is 11.3. The fourth-order valence-electron chi connectivity index (χ4n) is 7.06. The van der Waals surface area contributed by atoms with Gasteiger partial charge < -0.3 is 4.55 Å². The van der Waals surface area contributed by atoms with Gasteiger partial charge in [0.2, 0.25) is 10.4 Å². The Labute approximate surface area is 196 Å². The van der Waals surface area contributed by atoms with Crippen molar-refractivity contribution in [1.82, 2.24) is 0 Å². The number of hydrogen-bond donors (Lipinski definition) is 0. The van der Waals surface area contributed by atoms with Crippen LogP contribution in [0.25, 0.3) is 0 Å². The van der Waals surface area contributed by atoms with E-state index >= 15 is 0 Å². The van der Waals surface area contributed by atoms with Crippen LogP contribution in [-0.4, -0.2) is 24.9 Å². The molecule has 0 aromatic heterocycles. The van der Waals surface area contributed by atoms with Crippen molar-refractivity contribution < 1.29 is 57.0 Å². The molecule has 4 rings (SSSR count). The molecule has 0 spiro atoms. The summed E-state index contributed by atoms with van der Waals surface area (Å²) in [6, 6.07) is 0.